The average molecular weight is 563 g/mol. The van der Waals surface area contributed by atoms with Crippen molar-refractivity contribution in [1.82, 2.24) is 14.8 Å². The lowest BCUT2D eigenvalue weighted by Gasteiger charge is -2.17. The molecule has 0 saturated carbocycles. The van der Waals surface area contributed by atoms with Gasteiger partial charge in [-0.2, -0.15) is 10.4 Å². The monoisotopic (exact) mass is 562 g/mol. The topological polar surface area (TPSA) is 82.2 Å². The molecule has 0 saturated heterocycles. The van der Waals surface area contributed by atoms with Gasteiger partial charge in [0.25, 0.3) is 0 Å². The number of rotatable bonds is 13. The molecular formula is C30H42N4O3Si2. The molecule has 0 bridgehead atoms. The van der Waals surface area contributed by atoms with Crippen LogP contribution in [0.1, 0.15) is 29.3 Å². The third-order valence-corrected chi connectivity index (χ3v) is 10.4. The van der Waals surface area contributed by atoms with Crippen molar-refractivity contribution >= 4 is 16.1 Å². The molecule has 39 heavy (non-hydrogen) atoms. The number of hydrogen-bond acceptors (Lipinski definition) is 6. The molecule has 0 unspecified atom stereocenters. The van der Waals surface area contributed by atoms with E-state index in [0.29, 0.717) is 12.4 Å². The summed E-state index contributed by atoms with van der Waals surface area (Å²) in [6, 6.07) is 12.4. The van der Waals surface area contributed by atoms with Crippen LogP contribution in [0.15, 0.2) is 30.5 Å². The highest BCUT2D eigenvalue weighted by Crippen LogP contribution is 2.44. The van der Waals surface area contributed by atoms with Gasteiger partial charge in [0.15, 0.2) is 6.79 Å². The summed E-state index contributed by atoms with van der Waals surface area (Å²) in [5.41, 5.74) is 8.02. The van der Waals surface area contributed by atoms with Gasteiger partial charge in [0.05, 0.1) is 11.4 Å². The number of aromatic nitrogens is 3. The molecule has 0 atom stereocenters. The standard InChI is InChI=1S/C30H42N4O3Si2/c1-8-22-15-26-24(17-28(22)37-21-36-12-14-39(5,6)7)16-27-29(23-9-10-25(18-31)32-19-23)33-34(30(26)27)20-35-11-13-38(2,3)4/h9-10,15,17,19H,8,11-14,16,20-21H2,1-7H3. The van der Waals surface area contributed by atoms with E-state index < -0.39 is 16.1 Å². The summed E-state index contributed by atoms with van der Waals surface area (Å²) in [7, 11) is -2.32. The third kappa shape index (κ3) is 7.45. The van der Waals surface area contributed by atoms with Crippen LogP contribution < -0.4 is 4.74 Å². The molecular weight excluding hydrogens is 521 g/mol. The Balaban J connectivity index is 1.61. The van der Waals surface area contributed by atoms with E-state index in [1.807, 2.05) is 10.7 Å². The summed E-state index contributed by atoms with van der Waals surface area (Å²) in [5.74, 6) is 0.891. The highest BCUT2D eigenvalue weighted by atomic mass is 28.3. The van der Waals surface area contributed by atoms with Gasteiger partial charge in [-0.05, 0) is 53.9 Å². The maximum atomic E-state index is 9.19. The molecule has 0 N–H and O–H groups in total. The highest BCUT2D eigenvalue weighted by Gasteiger charge is 2.30. The molecule has 208 valence electrons. The van der Waals surface area contributed by atoms with Crippen molar-refractivity contribution in [1.29, 1.82) is 5.26 Å². The van der Waals surface area contributed by atoms with E-state index >= 15 is 0 Å². The van der Waals surface area contributed by atoms with Gasteiger partial charge in [0.2, 0.25) is 0 Å². The lowest BCUT2D eigenvalue weighted by atomic mass is 10.0. The lowest BCUT2D eigenvalue weighted by molar-refractivity contribution is 0.0215. The summed E-state index contributed by atoms with van der Waals surface area (Å²) in [5, 5.41) is 14.2. The van der Waals surface area contributed by atoms with Crippen LogP contribution in [0.25, 0.3) is 22.5 Å². The van der Waals surface area contributed by atoms with Crippen LogP contribution in [0.3, 0.4) is 0 Å². The Morgan fingerprint density at radius 2 is 1.72 bits per heavy atom. The molecule has 4 rings (SSSR count). The van der Waals surface area contributed by atoms with Crippen molar-refractivity contribution in [3.63, 3.8) is 0 Å². The minimum atomic E-state index is -1.19. The number of hydrogen-bond donors (Lipinski definition) is 0. The number of nitriles is 1. The first-order chi connectivity index (χ1) is 18.5. The Hall–Kier alpha value is -2.78. The van der Waals surface area contributed by atoms with Crippen molar-refractivity contribution in [2.24, 2.45) is 0 Å². The number of aryl methyl sites for hydroxylation is 1. The summed E-state index contributed by atoms with van der Waals surface area (Å²) in [6.45, 7) is 18.4. The van der Waals surface area contributed by atoms with Crippen LogP contribution in [-0.4, -0.2) is 50.9 Å². The zero-order chi connectivity index (χ0) is 28.2. The van der Waals surface area contributed by atoms with Crippen LogP contribution in [0.5, 0.6) is 5.75 Å². The van der Waals surface area contributed by atoms with Crippen molar-refractivity contribution in [3.8, 4) is 34.3 Å². The van der Waals surface area contributed by atoms with E-state index in [-0.39, 0.29) is 6.79 Å². The summed E-state index contributed by atoms with van der Waals surface area (Å²) in [4.78, 5) is 4.30. The second-order valence-corrected chi connectivity index (χ2v) is 23.9. The zero-order valence-corrected chi connectivity index (χ0v) is 26.6. The molecule has 1 aromatic carbocycles. The summed E-state index contributed by atoms with van der Waals surface area (Å²) < 4.78 is 20.1. The quantitative estimate of drug-likeness (QED) is 0.0996. The Kier molecular flexibility index (Phi) is 9.12. The molecule has 1 aliphatic rings. The van der Waals surface area contributed by atoms with Crippen molar-refractivity contribution in [2.45, 2.75) is 77.9 Å². The Labute approximate surface area is 235 Å². The van der Waals surface area contributed by atoms with Crippen LogP contribution in [0.4, 0.5) is 0 Å². The fourth-order valence-electron chi connectivity index (χ4n) is 4.60. The van der Waals surface area contributed by atoms with Crippen molar-refractivity contribution in [2.75, 3.05) is 20.0 Å². The largest absolute Gasteiger partial charge is 0.467 e. The van der Waals surface area contributed by atoms with Gasteiger partial charge in [0, 0.05) is 58.7 Å². The van der Waals surface area contributed by atoms with Gasteiger partial charge in [-0.15, -0.1) is 0 Å². The van der Waals surface area contributed by atoms with E-state index in [1.54, 1.807) is 12.3 Å². The predicted molar refractivity (Wildman–Crippen MR) is 161 cm³/mol. The van der Waals surface area contributed by atoms with Gasteiger partial charge in [-0.1, -0.05) is 46.2 Å². The Bertz CT molecular complexity index is 1330. The fraction of sp³-hybridized carbons (Fsp3) is 0.500. The van der Waals surface area contributed by atoms with Gasteiger partial charge in [-0.3, -0.25) is 0 Å². The van der Waals surface area contributed by atoms with E-state index in [0.717, 1.165) is 72.0 Å². The molecule has 9 heteroatoms. The molecule has 1 aliphatic carbocycles. The van der Waals surface area contributed by atoms with Gasteiger partial charge in [0.1, 0.15) is 24.2 Å². The van der Waals surface area contributed by atoms with Crippen LogP contribution in [0, 0.1) is 11.3 Å². The van der Waals surface area contributed by atoms with Crippen LogP contribution in [-0.2, 0) is 29.0 Å². The maximum Gasteiger partial charge on any atom is 0.189 e. The first kappa shape index (κ1) is 29.2. The van der Waals surface area contributed by atoms with Crippen molar-refractivity contribution in [3.05, 3.63) is 52.8 Å². The summed E-state index contributed by atoms with van der Waals surface area (Å²) in [6.07, 6.45) is 3.36. The second kappa shape index (κ2) is 12.2. The minimum Gasteiger partial charge on any atom is -0.467 e. The number of ether oxygens (including phenoxy) is 3. The number of fused-ring (bicyclic) bond motifs is 3. The van der Waals surface area contributed by atoms with E-state index in [2.05, 4.69) is 69.4 Å². The first-order valence-electron chi connectivity index (χ1n) is 13.9. The highest BCUT2D eigenvalue weighted by molar-refractivity contribution is 6.76. The molecule has 0 fully saturated rings. The summed E-state index contributed by atoms with van der Waals surface area (Å²) >= 11 is 0. The molecule has 3 aromatic rings. The third-order valence-electron chi connectivity index (χ3n) is 7.00. The lowest BCUT2D eigenvalue weighted by Crippen LogP contribution is -2.22. The van der Waals surface area contributed by atoms with Gasteiger partial charge in [-0.25, -0.2) is 9.67 Å². The Morgan fingerprint density at radius 1 is 1.00 bits per heavy atom. The molecule has 7 nitrogen and oxygen atoms in total. The van der Waals surface area contributed by atoms with Gasteiger partial charge < -0.3 is 14.2 Å². The van der Waals surface area contributed by atoms with Crippen LogP contribution >= 0.6 is 0 Å². The van der Waals surface area contributed by atoms with Gasteiger partial charge >= 0.3 is 0 Å². The first-order valence-corrected chi connectivity index (χ1v) is 21.3. The van der Waals surface area contributed by atoms with Crippen molar-refractivity contribution < 1.29 is 14.2 Å². The fourth-order valence-corrected chi connectivity index (χ4v) is 6.11. The number of pyridine rings is 1. The number of nitrogens with zero attached hydrogens (tertiary/aromatic N) is 4. The minimum absolute atomic E-state index is 0.268. The molecule has 2 aromatic heterocycles. The number of benzene rings is 1. The Morgan fingerprint density at radius 3 is 2.33 bits per heavy atom. The molecule has 0 amide bonds. The molecule has 0 radical (unpaired) electrons. The van der Waals surface area contributed by atoms with E-state index in [9.17, 15) is 5.26 Å². The maximum absolute atomic E-state index is 9.19. The SMILES string of the molecule is CCc1cc2c(cc1OCOCC[Si](C)(C)C)Cc1c(-c3ccc(C#N)nc3)nn(COCC[Si](C)(C)C)c1-2. The van der Waals surface area contributed by atoms with E-state index in [4.69, 9.17) is 19.3 Å². The van der Waals surface area contributed by atoms with Crippen LogP contribution in [0.2, 0.25) is 51.4 Å². The predicted octanol–water partition coefficient (Wildman–Crippen LogP) is 6.95. The normalized spacial score (nSPS) is 12.8. The molecule has 2 heterocycles. The molecule has 0 aliphatic heterocycles. The average Bonchev–Trinajstić information content (AvgIpc) is 3.41. The zero-order valence-electron chi connectivity index (χ0n) is 24.6. The van der Waals surface area contributed by atoms with E-state index in [1.165, 1.54) is 11.1 Å². The second-order valence-electron chi connectivity index (χ2n) is 12.7. The smallest absolute Gasteiger partial charge is 0.189 e. The molecule has 0 spiro atoms.